The van der Waals surface area contributed by atoms with Gasteiger partial charge in [0.05, 0.1) is 16.7 Å². The van der Waals surface area contributed by atoms with Crippen molar-refractivity contribution >= 4 is 11.3 Å². The lowest BCUT2D eigenvalue weighted by Crippen LogP contribution is -2.29. The molecule has 0 saturated heterocycles. The Balaban J connectivity index is 1.95. The Hall–Kier alpha value is -1.63. The number of nitrogens with zero attached hydrogens (tertiary/aromatic N) is 1. The Bertz CT molecular complexity index is 585. The smallest absolute Gasteiger partial charge is 0.161 e. The van der Waals surface area contributed by atoms with Crippen LogP contribution in [0.1, 0.15) is 22.3 Å². The zero-order chi connectivity index (χ0) is 13.2. The predicted octanol–water partition coefficient (Wildman–Crippen LogP) is 1.78. The van der Waals surface area contributed by atoms with Crippen LogP contribution in [0.4, 0.5) is 0 Å². The van der Waals surface area contributed by atoms with Crippen molar-refractivity contribution in [1.82, 2.24) is 10.4 Å². The highest BCUT2D eigenvalue weighted by Crippen LogP contribution is 2.34. The van der Waals surface area contributed by atoms with E-state index in [0.29, 0.717) is 13.2 Å². The van der Waals surface area contributed by atoms with E-state index in [1.807, 2.05) is 30.5 Å². The van der Waals surface area contributed by atoms with Gasteiger partial charge in [0.25, 0.3) is 0 Å². The van der Waals surface area contributed by atoms with Crippen LogP contribution in [-0.2, 0) is 0 Å². The average molecular weight is 277 g/mol. The van der Waals surface area contributed by atoms with Crippen molar-refractivity contribution in [2.45, 2.75) is 13.0 Å². The third kappa shape index (κ3) is 2.42. The molecule has 0 bridgehead atoms. The normalized spacial score (nSPS) is 15.3. The highest BCUT2D eigenvalue weighted by molar-refractivity contribution is 7.09. The molecule has 0 radical (unpaired) electrons. The number of hydrogen-bond donors (Lipinski definition) is 2. The van der Waals surface area contributed by atoms with Gasteiger partial charge in [-0.15, -0.1) is 11.3 Å². The molecule has 1 aromatic carbocycles. The SMILES string of the molecule is Cc1nc(C(NN)c2ccc3c(c2)OCCO3)cs1. The summed E-state index contributed by atoms with van der Waals surface area (Å²) < 4.78 is 11.1. The summed E-state index contributed by atoms with van der Waals surface area (Å²) in [7, 11) is 0. The number of ether oxygens (including phenoxy) is 2. The number of thiazole rings is 1. The quantitative estimate of drug-likeness (QED) is 0.661. The van der Waals surface area contributed by atoms with Crippen LogP contribution < -0.4 is 20.7 Å². The van der Waals surface area contributed by atoms with Crippen molar-refractivity contribution in [3.05, 3.63) is 39.8 Å². The first-order valence-electron chi connectivity index (χ1n) is 6.05. The van der Waals surface area contributed by atoms with Crippen molar-refractivity contribution in [1.29, 1.82) is 0 Å². The minimum atomic E-state index is -0.138. The van der Waals surface area contributed by atoms with E-state index in [-0.39, 0.29) is 6.04 Å². The molecule has 2 heterocycles. The van der Waals surface area contributed by atoms with Crippen LogP contribution in [0.25, 0.3) is 0 Å². The number of nitrogens with two attached hydrogens (primary N) is 1. The number of rotatable bonds is 3. The maximum atomic E-state index is 5.66. The van der Waals surface area contributed by atoms with Gasteiger partial charge in [0.2, 0.25) is 0 Å². The molecule has 1 aliphatic rings. The Morgan fingerprint density at radius 1 is 1.32 bits per heavy atom. The predicted molar refractivity (Wildman–Crippen MR) is 73.4 cm³/mol. The van der Waals surface area contributed by atoms with Crippen LogP contribution in [0.5, 0.6) is 11.5 Å². The molecule has 3 N–H and O–H groups in total. The van der Waals surface area contributed by atoms with Crippen molar-refractivity contribution in [2.24, 2.45) is 5.84 Å². The van der Waals surface area contributed by atoms with Crippen LogP contribution in [-0.4, -0.2) is 18.2 Å². The van der Waals surface area contributed by atoms with Gasteiger partial charge in [0, 0.05) is 5.38 Å². The van der Waals surface area contributed by atoms with E-state index in [0.717, 1.165) is 27.8 Å². The molecule has 0 amide bonds. The lowest BCUT2D eigenvalue weighted by Gasteiger charge is -2.21. The zero-order valence-corrected chi connectivity index (χ0v) is 11.4. The fourth-order valence-electron chi connectivity index (χ4n) is 2.10. The summed E-state index contributed by atoms with van der Waals surface area (Å²) in [5.74, 6) is 7.20. The molecule has 2 aromatic rings. The highest BCUT2D eigenvalue weighted by atomic mass is 32.1. The molecule has 0 aliphatic carbocycles. The molecule has 6 heteroatoms. The maximum absolute atomic E-state index is 5.66. The fraction of sp³-hybridized carbons (Fsp3) is 0.308. The summed E-state index contributed by atoms with van der Waals surface area (Å²) in [6, 6.07) is 5.70. The molecule has 0 fully saturated rings. The molecule has 19 heavy (non-hydrogen) atoms. The third-order valence-electron chi connectivity index (χ3n) is 3.00. The average Bonchev–Trinajstić information content (AvgIpc) is 2.86. The van der Waals surface area contributed by atoms with E-state index in [2.05, 4.69) is 10.4 Å². The van der Waals surface area contributed by atoms with Crippen molar-refractivity contribution in [3.8, 4) is 11.5 Å². The van der Waals surface area contributed by atoms with Crippen LogP contribution in [0, 0.1) is 6.92 Å². The van der Waals surface area contributed by atoms with Gasteiger partial charge in [-0.2, -0.15) is 0 Å². The topological polar surface area (TPSA) is 69.4 Å². The Labute approximate surface area is 115 Å². The number of benzene rings is 1. The van der Waals surface area contributed by atoms with Crippen molar-refractivity contribution < 1.29 is 9.47 Å². The maximum Gasteiger partial charge on any atom is 0.161 e. The molecular weight excluding hydrogens is 262 g/mol. The van der Waals surface area contributed by atoms with Crippen LogP contribution in [0.3, 0.4) is 0 Å². The van der Waals surface area contributed by atoms with E-state index in [1.54, 1.807) is 11.3 Å². The summed E-state index contributed by atoms with van der Waals surface area (Å²) in [5, 5.41) is 3.03. The van der Waals surface area contributed by atoms with Gasteiger partial charge >= 0.3 is 0 Å². The van der Waals surface area contributed by atoms with Crippen LogP contribution in [0.2, 0.25) is 0 Å². The first kappa shape index (κ1) is 12.4. The van der Waals surface area contributed by atoms with E-state index in [9.17, 15) is 0 Å². The number of hydrogen-bond acceptors (Lipinski definition) is 6. The van der Waals surface area contributed by atoms with Crippen molar-refractivity contribution in [3.63, 3.8) is 0 Å². The summed E-state index contributed by atoms with van der Waals surface area (Å²) >= 11 is 1.61. The summed E-state index contributed by atoms with van der Waals surface area (Å²) in [5.41, 5.74) is 4.73. The highest BCUT2D eigenvalue weighted by Gasteiger charge is 2.19. The van der Waals surface area contributed by atoms with Gasteiger partial charge < -0.3 is 9.47 Å². The summed E-state index contributed by atoms with van der Waals surface area (Å²) in [4.78, 5) is 4.47. The molecule has 1 aromatic heterocycles. The van der Waals surface area contributed by atoms with Crippen molar-refractivity contribution in [2.75, 3.05) is 13.2 Å². The summed E-state index contributed by atoms with van der Waals surface area (Å²) in [6.07, 6.45) is 0. The summed E-state index contributed by atoms with van der Waals surface area (Å²) in [6.45, 7) is 3.15. The second-order valence-electron chi connectivity index (χ2n) is 4.29. The monoisotopic (exact) mass is 277 g/mol. The second kappa shape index (κ2) is 5.16. The molecule has 100 valence electrons. The fourth-order valence-corrected chi connectivity index (χ4v) is 2.74. The van der Waals surface area contributed by atoms with Gasteiger partial charge in [0.1, 0.15) is 13.2 Å². The lowest BCUT2D eigenvalue weighted by molar-refractivity contribution is 0.171. The minimum Gasteiger partial charge on any atom is -0.486 e. The third-order valence-corrected chi connectivity index (χ3v) is 3.79. The Kier molecular flexibility index (Phi) is 3.37. The van der Waals surface area contributed by atoms with Gasteiger partial charge in [-0.1, -0.05) is 6.07 Å². The molecule has 1 aliphatic heterocycles. The number of aryl methyl sites for hydroxylation is 1. The first-order chi connectivity index (χ1) is 9.28. The molecule has 3 rings (SSSR count). The first-order valence-corrected chi connectivity index (χ1v) is 6.93. The number of nitrogens with one attached hydrogen (secondary N) is 1. The number of hydrazine groups is 1. The van der Waals surface area contributed by atoms with E-state index >= 15 is 0 Å². The van der Waals surface area contributed by atoms with Gasteiger partial charge in [-0.05, 0) is 24.6 Å². The molecule has 1 atom stereocenters. The molecule has 5 nitrogen and oxygen atoms in total. The van der Waals surface area contributed by atoms with Gasteiger partial charge in [-0.25, -0.2) is 10.4 Å². The standard InChI is InChI=1S/C13H15N3O2S/c1-8-15-10(7-19-8)13(16-14)9-2-3-11-12(6-9)18-5-4-17-11/h2-3,6-7,13,16H,4-5,14H2,1H3. The molecular formula is C13H15N3O2S. The minimum absolute atomic E-state index is 0.138. The van der Waals surface area contributed by atoms with E-state index in [1.165, 1.54) is 0 Å². The largest absolute Gasteiger partial charge is 0.486 e. The van der Waals surface area contributed by atoms with Crippen LogP contribution >= 0.6 is 11.3 Å². The zero-order valence-electron chi connectivity index (χ0n) is 10.6. The van der Waals surface area contributed by atoms with Gasteiger partial charge in [0.15, 0.2) is 11.5 Å². The van der Waals surface area contributed by atoms with Crippen LogP contribution in [0.15, 0.2) is 23.6 Å². The Morgan fingerprint density at radius 2 is 2.11 bits per heavy atom. The van der Waals surface area contributed by atoms with Gasteiger partial charge in [-0.3, -0.25) is 5.84 Å². The molecule has 0 saturated carbocycles. The second-order valence-corrected chi connectivity index (χ2v) is 5.36. The number of aromatic nitrogens is 1. The Morgan fingerprint density at radius 3 is 2.79 bits per heavy atom. The molecule has 1 unspecified atom stereocenters. The van der Waals surface area contributed by atoms with E-state index < -0.39 is 0 Å². The number of fused-ring (bicyclic) bond motifs is 1. The lowest BCUT2D eigenvalue weighted by atomic mass is 10.0. The molecule has 0 spiro atoms. The van der Waals surface area contributed by atoms with E-state index in [4.69, 9.17) is 15.3 Å².